The van der Waals surface area contributed by atoms with Gasteiger partial charge in [-0.05, 0) is 49.3 Å². The molecule has 1 aromatic carbocycles. The topological polar surface area (TPSA) is 18.5 Å². The lowest BCUT2D eigenvalue weighted by Gasteiger charge is -2.25. The van der Waals surface area contributed by atoms with Gasteiger partial charge in [0.25, 0.3) is 0 Å². The zero-order valence-corrected chi connectivity index (χ0v) is 12.6. The highest BCUT2D eigenvalue weighted by atomic mass is 19.1. The van der Waals surface area contributed by atoms with Crippen molar-refractivity contribution in [2.75, 3.05) is 13.7 Å². The average molecular weight is 288 g/mol. The summed E-state index contributed by atoms with van der Waals surface area (Å²) in [6.45, 7) is 2.66. The van der Waals surface area contributed by atoms with Gasteiger partial charge in [0.1, 0.15) is 23.9 Å². The van der Waals surface area contributed by atoms with E-state index >= 15 is 0 Å². The third-order valence-corrected chi connectivity index (χ3v) is 4.13. The largest absolute Gasteiger partial charge is 0.497 e. The second-order valence-corrected chi connectivity index (χ2v) is 5.94. The predicted octanol–water partition coefficient (Wildman–Crippen LogP) is 4.48. The molecule has 1 atom stereocenters. The van der Waals surface area contributed by atoms with Gasteiger partial charge in [0.15, 0.2) is 0 Å². The van der Waals surface area contributed by atoms with E-state index in [0.29, 0.717) is 24.2 Å². The molecule has 0 N–H and O–H groups in total. The van der Waals surface area contributed by atoms with Crippen molar-refractivity contribution in [3.8, 4) is 5.75 Å². The van der Waals surface area contributed by atoms with Gasteiger partial charge in [0.2, 0.25) is 0 Å². The van der Waals surface area contributed by atoms with E-state index in [9.17, 15) is 4.39 Å². The quantitative estimate of drug-likeness (QED) is 0.795. The molecule has 0 bridgehead atoms. The van der Waals surface area contributed by atoms with E-state index in [1.807, 2.05) is 0 Å². The van der Waals surface area contributed by atoms with E-state index in [2.05, 4.69) is 13.0 Å². The lowest BCUT2D eigenvalue weighted by atomic mass is 9.87. The molecule has 2 aliphatic rings. The van der Waals surface area contributed by atoms with E-state index in [0.717, 1.165) is 17.8 Å². The maximum Gasteiger partial charge on any atom is 0.126 e. The normalized spacial score (nSPS) is 22.0. The Kier molecular flexibility index (Phi) is 4.00. The molecule has 0 aliphatic heterocycles. The first-order valence-corrected chi connectivity index (χ1v) is 7.54. The van der Waals surface area contributed by atoms with E-state index in [1.165, 1.54) is 30.5 Å². The van der Waals surface area contributed by atoms with Gasteiger partial charge in [-0.25, -0.2) is 4.39 Å². The highest BCUT2D eigenvalue weighted by Crippen LogP contribution is 2.44. The molecule has 21 heavy (non-hydrogen) atoms. The minimum Gasteiger partial charge on any atom is -0.497 e. The fourth-order valence-corrected chi connectivity index (χ4v) is 2.96. The molecule has 0 aromatic heterocycles. The summed E-state index contributed by atoms with van der Waals surface area (Å²) >= 11 is 0. The van der Waals surface area contributed by atoms with Crippen LogP contribution in [0.1, 0.15) is 26.2 Å². The van der Waals surface area contributed by atoms with Crippen LogP contribution in [0.4, 0.5) is 4.39 Å². The van der Waals surface area contributed by atoms with Gasteiger partial charge in [-0.2, -0.15) is 0 Å². The molecule has 112 valence electrons. The minimum atomic E-state index is -0.274. The molecular weight excluding hydrogens is 267 g/mol. The number of hydrogen-bond acceptors (Lipinski definition) is 2. The fraction of sp³-hybridized carbons (Fsp3) is 0.444. The Bertz CT molecular complexity index is 585. The van der Waals surface area contributed by atoms with Crippen molar-refractivity contribution in [3.63, 3.8) is 0 Å². The predicted molar refractivity (Wildman–Crippen MR) is 80.5 cm³/mol. The number of methoxy groups -OCH3 is 1. The zero-order valence-electron chi connectivity index (χ0n) is 12.6. The van der Waals surface area contributed by atoms with Crippen LogP contribution in [-0.4, -0.2) is 13.7 Å². The summed E-state index contributed by atoms with van der Waals surface area (Å²) in [7, 11) is 1.70. The van der Waals surface area contributed by atoms with Crippen LogP contribution in [0.15, 0.2) is 47.2 Å². The first-order chi connectivity index (χ1) is 10.2. The summed E-state index contributed by atoms with van der Waals surface area (Å²) in [5, 5.41) is 0. The van der Waals surface area contributed by atoms with Crippen molar-refractivity contribution in [3.05, 3.63) is 53.1 Å². The van der Waals surface area contributed by atoms with Crippen molar-refractivity contribution < 1.29 is 13.9 Å². The second kappa shape index (κ2) is 5.92. The smallest absolute Gasteiger partial charge is 0.126 e. The van der Waals surface area contributed by atoms with Gasteiger partial charge in [-0.1, -0.05) is 18.6 Å². The lowest BCUT2D eigenvalue weighted by Crippen LogP contribution is -2.15. The maximum atomic E-state index is 13.2. The molecule has 1 fully saturated rings. The van der Waals surface area contributed by atoms with Gasteiger partial charge >= 0.3 is 0 Å². The molecule has 1 unspecified atom stereocenters. The summed E-state index contributed by atoms with van der Waals surface area (Å²) in [6, 6.07) is 6.28. The lowest BCUT2D eigenvalue weighted by molar-refractivity contribution is 0.269. The summed E-state index contributed by atoms with van der Waals surface area (Å²) in [6.07, 6.45) is 5.78. The molecule has 0 amide bonds. The Balaban J connectivity index is 1.80. The Labute approximate surface area is 125 Å². The third-order valence-electron chi connectivity index (χ3n) is 4.13. The van der Waals surface area contributed by atoms with Gasteiger partial charge < -0.3 is 9.47 Å². The molecule has 2 aliphatic carbocycles. The Morgan fingerprint density at radius 3 is 2.76 bits per heavy atom. The Hall–Kier alpha value is -1.77. The van der Waals surface area contributed by atoms with Crippen LogP contribution in [0.5, 0.6) is 5.75 Å². The summed E-state index contributed by atoms with van der Waals surface area (Å²) < 4.78 is 24.5. The van der Waals surface area contributed by atoms with Gasteiger partial charge in [-0.3, -0.25) is 0 Å². The standard InChI is InChI=1S/C18H21FO2/c1-12-8-16(13-6-7-13)17(18(9-12)20-2)11-21-15-5-3-4-14(19)10-15/h3-5,9-10,12-13H,6-8,11H2,1-2H3. The highest BCUT2D eigenvalue weighted by Gasteiger charge is 2.32. The van der Waals surface area contributed by atoms with Crippen LogP contribution in [0, 0.1) is 17.7 Å². The van der Waals surface area contributed by atoms with Crippen LogP contribution < -0.4 is 4.74 Å². The van der Waals surface area contributed by atoms with Crippen molar-refractivity contribution in [2.45, 2.75) is 26.2 Å². The van der Waals surface area contributed by atoms with E-state index < -0.39 is 0 Å². The summed E-state index contributed by atoms with van der Waals surface area (Å²) in [5.74, 6) is 2.41. The van der Waals surface area contributed by atoms with Crippen molar-refractivity contribution in [1.82, 2.24) is 0 Å². The summed E-state index contributed by atoms with van der Waals surface area (Å²) in [5.41, 5.74) is 2.63. The van der Waals surface area contributed by atoms with Crippen molar-refractivity contribution in [1.29, 1.82) is 0 Å². The Morgan fingerprint density at radius 2 is 2.10 bits per heavy atom. The SMILES string of the molecule is COC1=CC(C)CC(C2CC2)=C1COc1cccc(F)c1. The van der Waals surface area contributed by atoms with Crippen molar-refractivity contribution >= 4 is 0 Å². The van der Waals surface area contributed by atoms with Crippen LogP contribution in [-0.2, 0) is 4.74 Å². The van der Waals surface area contributed by atoms with Crippen LogP contribution in [0.25, 0.3) is 0 Å². The molecule has 0 saturated heterocycles. The number of rotatable bonds is 5. The fourth-order valence-electron chi connectivity index (χ4n) is 2.96. The highest BCUT2D eigenvalue weighted by molar-refractivity contribution is 5.39. The molecule has 1 saturated carbocycles. The molecular formula is C18H21FO2. The second-order valence-electron chi connectivity index (χ2n) is 5.94. The monoisotopic (exact) mass is 288 g/mol. The van der Waals surface area contributed by atoms with Gasteiger partial charge in [0.05, 0.1) is 7.11 Å². The number of allylic oxidation sites excluding steroid dienone is 2. The molecule has 0 heterocycles. The minimum absolute atomic E-state index is 0.274. The van der Waals surface area contributed by atoms with Crippen molar-refractivity contribution in [2.24, 2.45) is 11.8 Å². The van der Waals surface area contributed by atoms with Crippen LogP contribution >= 0.6 is 0 Å². The van der Waals surface area contributed by atoms with Gasteiger partial charge in [0, 0.05) is 11.6 Å². The Morgan fingerprint density at radius 1 is 1.29 bits per heavy atom. The van der Waals surface area contributed by atoms with E-state index in [4.69, 9.17) is 9.47 Å². The molecule has 0 radical (unpaired) electrons. The number of ether oxygens (including phenoxy) is 2. The molecule has 0 spiro atoms. The molecule has 3 heteroatoms. The third kappa shape index (κ3) is 3.29. The molecule has 2 nitrogen and oxygen atoms in total. The summed E-state index contributed by atoms with van der Waals surface area (Å²) in [4.78, 5) is 0. The van der Waals surface area contributed by atoms with Crippen LogP contribution in [0.3, 0.4) is 0 Å². The number of benzene rings is 1. The number of hydrogen-bond donors (Lipinski definition) is 0. The maximum absolute atomic E-state index is 13.2. The van der Waals surface area contributed by atoms with Crippen LogP contribution in [0.2, 0.25) is 0 Å². The van der Waals surface area contributed by atoms with E-state index in [-0.39, 0.29) is 5.82 Å². The van der Waals surface area contributed by atoms with Gasteiger partial charge in [-0.15, -0.1) is 0 Å². The first kappa shape index (κ1) is 14.2. The number of halogens is 1. The molecule has 1 aromatic rings. The molecule has 3 rings (SSSR count). The van der Waals surface area contributed by atoms with E-state index in [1.54, 1.807) is 19.2 Å². The first-order valence-electron chi connectivity index (χ1n) is 7.54. The average Bonchev–Trinajstić information content (AvgIpc) is 3.29. The zero-order chi connectivity index (χ0) is 14.8.